The first-order valence-electron chi connectivity index (χ1n) is 5.97. The minimum Gasteiger partial charge on any atom is -0.495 e. The standard InChI is InChI=1S/C13H17F3N2O2/c1-8(2)18(7-13(14,15)16)12(19)9-5-4-6-10(20-3)11(9)17/h4-6,8H,7,17H2,1-3H3. The highest BCUT2D eigenvalue weighted by atomic mass is 19.4. The van der Waals surface area contributed by atoms with Gasteiger partial charge in [0.05, 0.1) is 18.4 Å². The van der Waals surface area contributed by atoms with Crippen molar-refractivity contribution in [2.24, 2.45) is 0 Å². The van der Waals surface area contributed by atoms with E-state index < -0.39 is 24.7 Å². The molecule has 0 aliphatic carbocycles. The van der Waals surface area contributed by atoms with Crippen molar-refractivity contribution in [2.75, 3.05) is 19.4 Å². The highest BCUT2D eigenvalue weighted by Crippen LogP contribution is 2.27. The molecule has 0 unspecified atom stereocenters. The molecule has 1 rings (SSSR count). The molecule has 7 heteroatoms. The molecule has 0 aromatic heterocycles. The van der Waals surface area contributed by atoms with E-state index in [4.69, 9.17) is 10.5 Å². The summed E-state index contributed by atoms with van der Waals surface area (Å²) in [5.41, 5.74) is 5.78. The number of carbonyl (C=O) groups is 1. The van der Waals surface area contributed by atoms with Gasteiger partial charge in [0.2, 0.25) is 0 Å². The summed E-state index contributed by atoms with van der Waals surface area (Å²) in [6.45, 7) is 1.71. The summed E-state index contributed by atoms with van der Waals surface area (Å²) >= 11 is 0. The van der Waals surface area contributed by atoms with Gasteiger partial charge in [-0.05, 0) is 26.0 Å². The average Bonchev–Trinajstić information content (AvgIpc) is 2.34. The minimum atomic E-state index is -4.46. The lowest BCUT2D eigenvalue weighted by Gasteiger charge is -2.28. The van der Waals surface area contributed by atoms with Gasteiger partial charge in [0.1, 0.15) is 12.3 Å². The highest BCUT2D eigenvalue weighted by molar-refractivity contribution is 6.00. The number of para-hydroxylation sites is 1. The van der Waals surface area contributed by atoms with Crippen molar-refractivity contribution in [3.8, 4) is 5.75 Å². The van der Waals surface area contributed by atoms with Crippen LogP contribution in [-0.4, -0.2) is 36.7 Å². The number of halogens is 3. The fourth-order valence-electron chi connectivity index (χ4n) is 1.75. The maximum absolute atomic E-state index is 12.5. The second kappa shape index (κ2) is 6.02. The number of anilines is 1. The summed E-state index contributed by atoms with van der Waals surface area (Å²) in [7, 11) is 1.37. The second-order valence-electron chi connectivity index (χ2n) is 4.56. The van der Waals surface area contributed by atoms with Gasteiger partial charge in [-0.3, -0.25) is 4.79 Å². The smallest absolute Gasteiger partial charge is 0.406 e. The molecule has 0 saturated heterocycles. The Morgan fingerprint density at radius 3 is 2.45 bits per heavy atom. The predicted octanol–water partition coefficient (Wildman–Crippen LogP) is 2.69. The van der Waals surface area contributed by atoms with Gasteiger partial charge in [-0.15, -0.1) is 0 Å². The number of hydrogen-bond donors (Lipinski definition) is 1. The minimum absolute atomic E-state index is 0.00213. The Labute approximate surface area is 115 Å². The molecule has 1 aromatic carbocycles. The van der Waals surface area contributed by atoms with E-state index in [-0.39, 0.29) is 17.0 Å². The van der Waals surface area contributed by atoms with Gasteiger partial charge >= 0.3 is 6.18 Å². The van der Waals surface area contributed by atoms with Crippen molar-refractivity contribution >= 4 is 11.6 Å². The Hall–Kier alpha value is -1.92. The molecule has 4 nitrogen and oxygen atoms in total. The predicted molar refractivity (Wildman–Crippen MR) is 69.6 cm³/mol. The zero-order chi connectivity index (χ0) is 15.5. The lowest BCUT2D eigenvalue weighted by Crippen LogP contribution is -2.43. The third-order valence-electron chi connectivity index (χ3n) is 2.75. The Morgan fingerprint density at radius 1 is 1.40 bits per heavy atom. The third-order valence-corrected chi connectivity index (χ3v) is 2.75. The average molecular weight is 290 g/mol. The number of nitrogen functional groups attached to an aromatic ring is 1. The van der Waals surface area contributed by atoms with E-state index in [9.17, 15) is 18.0 Å². The van der Waals surface area contributed by atoms with Crippen LogP contribution in [-0.2, 0) is 0 Å². The first kappa shape index (κ1) is 16.1. The van der Waals surface area contributed by atoms with Crippen LogP contribution in [0.2, 0.25) is 0 Å². The Morgan fingerprint density at radius 2 is 2.00 bits per heavy atom. The third kappa shape index (κ3) is 3.79. The molecule has 1 aromatic rings. The van der Waals surface area contributed by atoms with Crippen LogP contribution >= 0.6 is 0 Å². The summed E-state index contributed by atoms with van der Waals surface area (Å²) in [6, 6.07) is 3.82. The van der Waals surface area contributed by atoms with Crippen LogP contribution in [0.3, 0.4) is 0 Å². The van der Waals surface area contributed by atoms with Crippen LogP contribution in [0.1, 0.15) is 24.2 Å². The van der Waals surface area contributed by atoms with Crippen LogP contribution in [0.25, 0.3) is 0 Å². The van der Waals surface area contributed by atoms with E-state index in [0.717, 1.165) is 4.90 Å². The molecule has 0 spiro atoms. The van der Waals surface area contributed by atoms with E-state index in [1.165, 1.54) is 39.2 Å². The number of nitrogens with zero attached hydrogens (tertiary/aromatic N) is 1. The summed E-state index contributed by atoms with van der Waals surface area (Å²) < 4.78 is 42.6. The molecule has 0 fully saturated rings. The Kier molecular flexibility index (Phi) is 4.86. The number of nitrogens with two attached hydrogens (primary N) is 1. The fraction of sp³-hybridized carbons (Fsp3) is 0.462. The lowest BCUT2D eigenvalue weighted by molar-refractivity contribution is -0.143. The summed E-state index contributed by atoms with van der Waals surface area (Å²) in [4.78, 5) is 13.0. The molecule has 20 heavy (non-hydrogen) atoms. The van der Waals surface area contributed by atoms with Gasteiger partial charge in [0, 0.05) is 6.04 Å². The summed E-state index contributed by atoms with van der Waals surface area (Å²) in [6.07, 6.45) is -4.46. The molecule has 112 valence electrons. The molecule has 0 bridgehead atoms. The molecule has 0 aliphatic heterocycles. The number of benzene rings is 1. The van der Waals surface area contributed by atoms with E-state index in [0.29, 0.717) is 0 Å². The van der Waals surface area contributed by atoms with E-state index in [2.05, 4.69) is 0 Å². The second-order valence-corrected chi connectivity index (χ2v) is 4.56. The number of rotatable bonds is 4. The molecule has 0 atom stereocenters. The summed E-state index contributed by atoms with van der Waals surface area (Å²) in [5.74, 6) is -0.514. The van der Waals surface area contributed by atoms with Gasteiger partial charge in [-0.1, -0.05) is 6.07 Å². The highest BCUT2D eigenvalue weighted by Gasteiger charge is 2.35. The van der Waals surface area contributed by atoms with Gasteiger partial charge in [0.15, 0.2) is 0 Å². The number of ether oxygens (including phenoxy) is 1. The maximum atomic E-state index is 12.5. The topological polar surface area (TPSA) is 55.6 Å². The van der Waals surface area contributed by atoms with Crippen LogP contribution in [0.15, 0.2) is 18.2 Å². The quantitative estimate of drug-likeness (QED) is 0.867. The zero-order valence-electron chi connectivity index (χ0n) is 11.5. The molecule has 0 radical (unpaired) electrons. The Balaban J connectivity index is 3.13. The normalized spacial score (nSPS) is 11.6. The lowest BCUT2D eigenvalue weighted by atomic mass is 10.1. The molecular formula is C13H17F3N2O2. The Bertz CT molecular complexity index is 487. The molecule has 0 saturated carbocycles. The van der Waals surface area contributed by atoms with Crippen LogP contribution in [0, 0.1) is 0 Å². The number of hydrogen-bond acceptors (Lipinski definition) is 3. The van der Waals surface area contributed by atoms with Crippen molar-refractivity contribution in [1.82, 2.24) is 4.90 Å². The van der Waals surface area contributed by atoms with Crippen LogP contribution < -0.4 is 10.5 Å². The first-order chi connectivity index (χ1) is 9.17. The summed E-state index contributed by atoms with van der Waals surface area (Å²) in [5, 5.41) is 0. The largest absolute Gasteiger partial charge is 0.495 e. The van der Waals surface area contributed by atoms with E-state index >= 15 is 0 Å². The van der Waals surface area contributed by atoms with Gasteiger partial charge in [-0.25, -0.2) is 0 Å². The van der Waals surface area contributed by atoms with Gasteiger partial charge in [0.25, 0.3) is 5.91 Å². The van der Waals surface area contributed by atoms with E-state index in [1.54, 1.807) is 0 Å². The molecule has 0 aliphatic rings. The number of methoxy groups -OCH3 is 1. The number of alkyl halides is 3. The van der Waals surface area contributed by atoms with Crippen LogP contribution in [0.5, 0.6) is 5.75 Å². The maximum Gasteiger partial charge on any atom is 0.406 e. The molecule has 2 N–H and O–H groups in total. The van der Waals surface area contributed by atoms with Crippen molar-refractivity contribution in [2.45, 2.75) is 26.1 Å². The fourth-order valence-corrected chi connectivity index (χ4v) is 1.75. The first-order valence-corrected chi connectivity index (χ1v) is 5.97. The van der Waals surface area contributed by atoms with Gasteiger partial charge < -0.3 is 15.4 Å². The molecule has 1 amide bonds. The van der Waals surface area contributed by atoms with Gasteiger partial charge in [-0.2, -0.15) is 13.2 Å². The molecule has 0 heterocycles. The van der Waals surface area contributed by atoms with Crippen molar-refractivity contribution in [3.63, 3.8) is 0 Å². The number of amides is 1. The number of carbonyl (C=O) groups excluding carboxylic acids is 1. The molecular weight excluding hydrogens is 273 g/mol. The SMILES string of the molecule is COc1cccc(C(=O)N(CC(F)(F)F)C(C)C)c1N. The van der Waals surface area contributed by atoms with E-state index in [1.807, 2.05) is 0 Å². The van der Waals surface area contributed by atoms with Crippen LogP contribution in [0.4, 0.5) is 18.9 Å². The van der Waals surface area contributed by atoms with Crippen molar-refractivity contribution < 1.29 is 22.7 Å². The van der Waals surface area contributed by atoms with Crippen molar-refractivity contribution in [1.29, 1.82) is 0 Å². The monoisotopic (exact) mass is 290 g/mol. The zero-order valence-corrected chi connectivity index (χ0v) is 11.5. The van der Waals surface area contributed by atoms with Crippen molar-refractivity contribution in [3.05, 3.63) is 23.8 Å².